The quantitative estimate of drug-likeness (QED) is 0.526. The standard InChI is InChI=1S/C11H18FN3O2/c1-13-8-14-10(7-16)4-5-15(6-10)9(17)11(12)2-3-11/h8,16H,2-7H2,1H3,(H,13,14)/t10-/m0/s1. The SMILES string of the molecule is CN=CN[C@@]1(CO)CCN(C(=O)C2(F)CC2)C1. The summed E-state index contributed by atoms with van der Waals surface area (Å²) in [5, 5.41) is 12.4. The number of hydrogen-bond acceptors (Lipinski definition) is 3. The summed E-state index contributed by atoms with van der Waals surface area (Å²) in [5.74, 6) is -0.428. The summed E-state index contributed by atoms with van der Waals surface area (Å²) in [5.41, 5.74) is -2.19. The third kappa shape index (κ3) is 2.26. The molecular formula is C11H18FN3O2. The van der Waals surface area contributed by atoms with Gasteiger partial charge in [-0.3, -0.25) is 9.79 Å². The second kappa shape index (κ2) is 4.25. The zero-order valence-electron chi connectivity index (χ0n) is 9.95. The molecule has 2 rings (SSSR count). The number of rotatable bonds is 4. The molecule has 6 heteroatoms. The maximum atomic E-state index is 13.7. The van der Waals surface area contributed by atoms with Crippen molar-refractivity contribution < 1.29 is 14.3 Å². The largest absolute Gasteiger partial charge is 0.394 e. The Balaban J connectivity index is 1.99. The number of carbonyl (C=O) groups excluding carboxylic acids is 1. The molecule has 1 amide bonds. The van der Waals surface area contributed by atoms with Crippen LogP contribution in [0, 0.1) is 0 Å². The first-order valence-corrected chi connectivity index (χ1v) is 5.83. The Morgan fingerprint density at radius 1 is 1.59 bits per heavy atom. The lowest BCUT2D eigenvalue weighted by molar-refractivity contribution is -0.137. The molecule has 0 aromatic rings. The molecule has 0 aromatic carbocycles. The number of carbonyl (C=O) groups is 1. The minimum atomic E-state index is -1.62. The number of nitrogens with one attached hydrogen (secondary N) is 1. The Morgan fingerprint density at radius 3 is 2.82 bits per heavy atom. The van der Waals surface area contributed by atoms with E-state index in [1.165, 1.54) is 11.2 Å². The van der Waals surface area contributed by atoms with Crippen LogP contribution in [0.3, 0.4) is 0 Å². The molecule has 1 aliphatic carbocycles. The Bertz CT molecular complexity index is 344. The number of halogens is 1. The van der Waals surface area contributed by atoms with E-state index in [0.717, 1.165) is 0 Å². The van der Waals surface area contributed by atoms with Crippen molar-refractivity contribution in [3.05, 3.63) is 0 Å². The first kappa shape index (κ1) is 12.3. The summed E-state index contributed by atoms with van der Waals surface area (Å²) in [4.78, 5) is 17.1. The molecule has 2 aliphatic rings. The molecule has 0 radical (unpaired) electrons. The number of amides is 1. The van der Waals surface area contributed by atoms with Crippen LogP contribution >= 0.6 is 0 Å². The highest BCUT2D eigenvalue weighted by Gasteiger charge is 2.54. The van der Waals surface area contributed by atoms with Crippen molar-refractivity contribution in [2.24, 2.45) is 4.99 Å². The van der Waals surface area contributed by atoms with Crippen molar-refractivity contribution in [1.82, 2.24) is 10.2 Å². The first-order valence-electron chi connectivity index (χ1n) is 5.83. The summed E-state index contributed by atoms with van der Waals surface area (Å²) in [6.45, 7) is 0.720. The van der Waals surface area contributed by atoms with E-state index in [2.05, 4.69) is 10.3 Å². The predicted octanol–water partition coefficient (Wildman–Crippen LogP) is -0.300. The van der Waals surface area contributed by atoms with Gasteiger partial charge in [-0.15, -0.1) is 0 Å². The summed E-state index contributed by atoms with van der Waals surface area (Å²) in [7, 11) is 1.62. The molecule has 5 nitrogen and oxygen atoms in total. The third-order valence-electron chi connectivity index (χ3n) is 3.52. The van der Waals surface area contributed by atoms with Gasteiger partial charge in [0.1, 0.15) is 0 Å². The summed E-state index contributed by atoms with van der Waals surface area (Å²) in [6.07, 6.45) is 2.78. The summed E-state index contributed by atoms with van der Waals surface area (Å²) >= 11 is 0. The summed E-state index contributed by atoms with van der Waals surface area (Å²) in [6, 6.07) is 0. The van der Waals surface area contributed by atoms with Crippen LogP contribution in [-0.4, -0.2) is 60.2 Å². The van der Waals surface area contributed by atoms with Gasteiger partial charge in [-0.2, -0.15) is 0 Å². The molecule has 0 spiro atoms. The molecule has 0 unspecified atom stereocenters. The highest BCUT2D eigenvalue weighted by Crippen LogP contribution is 2.42. The Hall–Kier alpha value is -1.17. The maximum Gasteiger partial charge on any atom is 0.260 e. The molecule has 2 fully saturated rings. The van der Waals surface area contributed by atoms with E-state index in [1.807, 2.05) is 0 Å². The van der Waals surface area contributed by atoms with Gasteiger partial charge in [0.05, 0.1) is 18.5 Å². The smallest absolute Gasteiger partial charge is 0.260 e. The number of hydrogen-bond donors (Lipinski definition) is 2. The molecule has 1 saturated heterocycles. The number of likely N-dealkylation sites (tertiary alicyclic amines) is 1. The van der Waals surface area contributed by atoms with Crippen molar-refractivity contribution >= 4 is 12.2 Å². The van der Waals surface area contributed by atoms with Gasteiger partial charge in [-0.05, 0) is 19.3 Å². The lowest BCUT2D eigenvalue weighted by Gasteiger charge is -2.27. The van der Waals surface area contributed by atoms with Gasteiger partial charge >= 0.3 is 0 Å². The van der Waals surface area contributed by atoms with Crippen LogP contribution in [0.2, 0.25) is 0 Å². The zero-order chi connectivity index (χ0) is 12.5. The van der Waals surface area contributed by atoms with E-state index in [-0.39, 0.29) is 6.61 Å². The van der Waals surface area contributed by atoms with E-state index in [9.17, 15) is 14.3 Å². The average molecular weight is 243 g/mol. The molecule has 0 aromatic heterocycles. The van der Waals surface area contributed by atoms with Crippen LogP contribution in [0.5, 0.6) is 0 Å². The van der Waals surface area contributed by atoms with E-state index in [4.69, 9.17) is 0 Å². The van der Waals surface area contributed by atoms with Gasteiger partial charge in [0.15, 0.2) is 5.67 Å². The highest BCUT2D eigenvalue weighted by atomic mass is 19.1. The number of aliphatic hydroxyl groups is 1. The molecule has 0 bridgehead atoms. The van der Waals surface area contributed by atoms with Gasteiger partial charge in [0.2, 0.25) is 0 Å². The van der Waals surface area contributed by atoms with E-state index in [1.54, 1.807) is 7.05 Å². The Kier molecular flexibility index (Phi) is 3.07. The summed E-state index contributed by atoms with van der Waals surface area (Å²) < 4.78 is 13.7. The van der Waals surface area contributed by atoms with E-state index >= 15 is 0 Å². The van der Waals surface area contributed by atoms with Crippen molar-refractivity contribution in [3.63, 3.8) is 0 Å². The third-order valence-corrected chi connectivity index (χ3v) is 3.52. The first-order chi connectivity index (χ1) is 8.05. The Morgan fingerprint density at radius 2 is 2.29 bits per heavy atom. The Labute approximate surface area is 99.7 Å². The van der Waals surface area contributed by atoms with Crippen LogP contribution in [0.15, 0.2) is 4.99 Å². The second-order valence-electron chi connectivity index (χ2n) is 4.91. The van der Waals surface area contributed by atoms with Crippen LogP contribution in [0.1, 0.15) is 19.3 Å². The van der Waals surface area contributed by atoms with Crippen LogP contribution in [0.25, 0.3) is 0 Å². The molecular weight excluding hydrogens is 225 g/mol. The van der Waals surface area contributed by atoms with Crippen LogP contribution in [0.4, 0.5) is 4.39 Å². The second-order valence-corrected chi connectivity index (χ2v) is 4.91. The van der Waals surface area contributed by atoms with Crippen molar-refractivity contribution in [1.29, 1.82) is 0 Å². The van der Waals surface area contributed by atoms with Gasteiger partial charge < -0.3 is 15.3 Å². The molecule has 1 saturated carbocycles. The van der Waals surface area contributed by atoms with Crippen molar-refractivity contribution in [2.45, 2.75) is 30.5 Å². The highest BCUT2D eigenvalue weighted by molar-refractivity contribution is 5.88. The minimum Gasteiger partial charge on any atom is -0.394 e. The minimum absolute atomic E-state index is 0.0952. The molecule has 1 aliphatic heterocycles. The number of nitrogens with zero attached hydrogens (tertiary/aromatic N) is 2. The fourth-order valence-electron chi connectivity index (χ4n) is 2.15. The van der Waals surface area contributed by atoms with E-state index < -0.39 is 17.1 Å². The van der Waals surface area contributed by atoms with Crippen molar-refractivity contribution in [2.75, 3.05) is 26.7 Å². The fourth-order valence-corrected chi connectivity index (χ4v) is 2.15. The lowest BCUT2D eigenvalue weighted by Crippen LogP contribution is -2.51. The van der Waals surface area contributed by atoms with Gasteiger partial charge in [-0.1, -0.05) is 0 Å². The van der Waals surface area contributed by atoms with Crippen LogP contribution < -0.4 is 5.32 Å². The molecule has 1 atom stereocenters. The maximum absolute atomic E-state index is 13.7. The van der Waals surface area contributed by atoms with Gasteiger partial charge in [-0.25, -0.2) is 4.39 Å². The molecule has 96 valence electrons. The number of alkyl halides is 1. The van der Waals surface area contributed by atoms with Crippen LogP contribution in [-0.2, 0) is 4.79 Å². The zero-order valence-corrected chi connectivity index (χ0v) is 9.95. The number of aliphatic imine (C=N–C) groups is 1. The topological polar surface area (TPSA) is 64.9 Å². The average Bonchev–Trinajstić information content (AvgIpc) is 2.95. The lowest BCUT2D eigenvalue weighted by atomic mass is 10.0. The van der Waals surface area contributed by atoms with Gasteiger partial charge in [0, 0.05) is 20.1 Å². The normalized spacial score (nSPS) is 30.9. The number of aliphatic hydroxyl groups excluding tert-OH is 1. The monoisotopic (exact) mass is 243 g/mol. The van der Waals surface area contributed by atoms with Crippen molar-refractivity contribution in [3.8, 4) is 0 Å². The fraction of sp³-hybridized carbons (Fsp3) is 0.818. The predicted molar refractivity (Wildman–Crippen MR) is 61.6 cm³/mol. The van der Waals surface area contributed by atoms with E-state index in [0.29, 0.717) is 32.4 Å². The molecule has 2 N–H and O–H groups in total. The van der Waals surface area contributed by atoms with Gasteiger partial charge in [0.25, 0.3) is 5.91 Å². The molecule has 1 heterocycles. The molecule has 17 heavy (non-hydrogen) atoms.